The van der Waals surface area contributed by atoms with E-state index < -0.39 is 0 Å². The molecule has 1 aliphatic heterocycles. The molecule has 2 amide bonds. The smallest absolute Gasteiger partial charge is 0.253 e. The molecule has 0 aromatic heterocycles. The van der Waals surface area contributed by atoms with Crippen molar-refractivity contribution >= 4 is 40.1 Å². The highest BCUT2D eigenvalue weighted by Crippen LogP contribution is 2.19. The largest absolute Gasteiger partial charge is 0.343 e. The lowest BCUT2D eigenvalue weighted by Crippen LogP contribution is -2.28. The molecule has 0 radical (unpaired) electrons. The Balaban J connectivity index is 2.52. The van der Waals surface area contributed by atoms with E-state index in [1.165, 1.54) is 0 Å². The molecule has 0 saturated carbocycles. The molecular weight excluding hydrogens is 295 g/mol. The van der Waals surface area contributed by atoms with Crippen LogP contribution in [0.4, 0.5) is 5.69 Å². The van der Waals surface area contributed by atoms with Crippen LogP contribution in [0, 0.1) is 3.57 Å². The van der Waals surface area contributed by atoms with E-state index >= 15 is 0 Å². The quantitative estimate of drug-likeness (QED) is 0.702. The molecule has 0 aliphatic carbocycles. The maximum Gasteiger partial charge on any atom is 0.253 e. The van der Waals surface area contributed by atoms with E-state index in [1.54, 1.807) is 12.1 Å². The molecule has 1 aliphatic rings. The van der Waals surface area contributed by atoms with Gasteiger partial charge in [-0.15, -0.1) is 0 Å². The van der Waals surface area contributed by atoms with Crippen LogP contribution in [0.15, 0.2) is 18.2 Å². The SMILES string of the molecule is O=C1CNC(=O)c2cc(I)ccc2N1. The minimum atomic E-state index is -0.211. The molecule has 0 fully saturated rings. The van der Waals surface area contributed by atoms with Crippen molar-refractivity contribution in [2.24, 2.45) is 0 Å². The summed E-state index contributed by atoms with van der Waals surface area (Å²) in [5.41, 5.74) is 1.09. The summed E-state index contributed by atoms with van der Waals surface area (Å²) in [5, 5.41) is 5.18. The van der Waals surface area contributed by atoms with E-state index in [9.17, 15) is 9.59 Å². The van der Waals surface area contributed by atoms with Gasteiger partial charge in [-0.3, -0.25) is 9.59 Å². The van der Waals surface area contributed by atoms with Crippen molar-refractivity contribution in [3.63, 3.8) is 0 Å². The molecule has 2 N–H and O–H groups in total. The molecule has 4 nitrogen and oxygen atoms in total. The maximum absolute atomic E-state index is 11.5. The summed E-state index contributed by atoms with van der Waals surface area (Å²) in [6, 6.07) is 5.33. The van der Waals surface area contributed by atoms with Crippen molar-refractivity contribution < 1.29 is 9.59 Å². The molecule has 1 heterocycles. The van der Waals surface area contributed by atoms with Gasteiger partial charge in [0.2, 0.25) is 5.91 Å². The van der Waals surface area contributed by atoms with Gasteiger partial charge in [-0.05, 0) is 40.8 Å². The summed E-state index contributed by atoms with van der Waals surface area (Å²) in [6.07, 6.45) is 0. The first-order chi connectivity index (χ1) is 6.66. The number of fused-ring (bicyclic) bond motifs is 1. The lowest BCUT2D eigenvalue weighted by Gasteiger charge is -2.04. The predicted octanol–water partition coefficient (Wildman–Crippen LogP) is 0.973. The van der Waals surface area contributed by atoms with Crippen molar-refractivity contribution in [1.29, 1.82) is 0 Å². The van der Waals surface area contributed by atoms with Crippen LogP contribution >= 0.6 is 22.6 Å². The maximum atomic E-state index is 11.5. The average Bonchev–Trinajstić information content (AvgIpc) is 2.29. The Kier molecular flexibility index (Phi) is 2.40. The summed E-state index contributed by atoms with van der Waals surface area (Å²) < 4.78 is 0.965. The van der Waals surface area contributed by atoms with E-state index in [4.69, 9.17) is 0 Å². The second-order valence-corrected chi connectivity index (χ2v) is 4.17. The van der Waals surface area contributed by atoms with E-state index in [0.717, 1.165) is 3.57 Å². The minimum Gasteiger partial charge on any atom is -0.343 e. The number of anilines is 1. The number of halogens is 1. The zero-order chi connectivity index (χ0) is 10.1. The van der Waals surface area contributed by atoms with Crippen LogP contribution in [0.5, 0.6) is 0 Å². The van der Waals surface area contributed by atoms with Gasteiger partial charge >= 0.3 is 0 Å². The summed E-state index contributed by atoms with van der Waals surface area (Å²) in [6.45, 7) is 0.0318. The van der Waals surface area contributed by atoms with Crippen molar-refractivity contribution in [3.05, 3.63) is 27.3 Å². The fourth-order valence-corrected chi connectivity index (χ4v) is 1.75. The van der Waals surface area contributed by atoms with E-state index in [2.05, 4.69) is 33.2 Å². The Labute approximate surface area is 94.2 Å². The first-order valence-corrected chi connectivity index (χ1v) is 5.12. The third-order valence-corrected chi connectivity index (χ3v) is 2.58. The monoisotopic (exact) mass is 302 g/mol. The van der Waals surface area contributed by atoms with E-state index in [0.29, 0.717) is 11.3 Å². The second kappa shape index (κ2) is 3.56. The van der Waals surface area contributed by atoms with Gasteiger partial charge in [0, 0.05) is 3.57 Å². The van der Waals surface area contributed by atoms with Crippen molar-refractivity contribution in [2.75, 3.05) is 11.9 Å². The van der Waals surface area contributed by atoms with Gasteiger partial charge in [0.05, 0.1) is 17.8 Å². The van der Waals surface area contributed by atoms with Crippen molar-refractivity contribution in [1.82, 2.24) is 5.32 Å². The number of rotatable bonds is 0. The number of hydrogen-bond donors (Lipinski definition) is 2. The molecule has 5 heteroatoms. The highest BCUT2D eigenvalue weighted by molar-refractivity contribution is 14.1. The highest BCUT2D eigenvalue weighted by Gasteiger charge is 2.18. The van der Waals surface area contributed by atoms with Crippen molar-refractivity contribution in [2.45, 2.75) is 0 Å². The summed E-state index contributed by atoms with van der Waals surface area (Å²) >= 11 is 2.12. The molecule has 1 aromatic rings. The Morgan fingerprint density at radius 1 is 1.29 bits per heavy atom. The predicted molar refractivity (Wildman–Crippen MR) is 60.1 cm³/mol. The molecule has 1 aromatic carbocycles. The van der Waals surface area contributed by atoms with Crippen LogP contribution in [0.2, 0.25) is 0 Å². The van der Waals surface area contributed by atoms with Crippen LogP contribution in [0.3, 0.4) is 0 Å². The second-order valence-electron chi connectivity index (χ2n) is 2.92. The number of benzene rings is 1. The molecule has 14 heavy (non-hydrogen) atoms. The zero-order valence-corrected chi connectivity index (χ0v) is 9.29. The van der Waals surface area contributed by atoms with Crippen molar-refractivity contribution in [3.8, 4) is 0 Å². The lowest BCUT2D eigenvalue weighted by molar-refractivity contribution is -0.115. The third-order valence-electron chi connectivity index (χ3n) is 1.91. The van der Waals surface area contributed by atoms with Gasteiger partial charge in [0.15, 0.2) is 0 Å². The number of nitrogens with one attached hydrogen (secondary N) is 2. The Hall–Kier alpha value is -1.11. The van der Waals surface area contributed by atoms with Crippen LogP contribution in [-0.2, 0) is 4.79 Å². The van der Waals surface area contributed by atoms with Gasteiger partial charge in [-0.2, -0.15) is 0 Å². The van der Waals surface area contributed by atoms with Gasteiger partial charge in [-0.1, -0.05) is 0 Å². The molecule has 72 valence electrons. The molecule has 0 unspecified atom stereocenters. The summed E-state index contributed by atoms with van der Waals surface area (Å²) in [5.74, 6) is -0.407. The molecule has 0 atom stereocenters. The van der Waals surface area contributed by atoms with Crippen LogP contribution in [-0.4, -0.2) is 18.4 Å². The number of carbonyl (C=O) groups excluding carboxylic acids is 2. The average molecular weight is 302 g/mol. The summed E-state index contributed by atoms with van der Waals surface area (Å²) in [4.78, 5) is 22.6. The van der Waals surface area contributed by atoms with Crippen LogP contribution < -0.4 is 10.6 Å². The minimum absolute atomic E-state index is 0.0318. The molecule has 0 bridgehead atoms. The zero-order valence-electron chi connectivity index (χ0n) is 7.13. The standard InChI is InChI=1S/C9H7IN2O2/c10-5-1-2-7-6(3-5)9(14)11-4-8(13)12-7/h1-3H,4H2,(H,11,14)(H,12,13). The van der Waals surface area contributed by atoms with Gasteiger partial charge in [0.1, 0.15) is 0 Å². The highest BCUT2D eigenvalue weighted by atomic mass is 127. The molecule has 0 spiro atoms. The Morgan fingerprint density at radius 2 is 2.07 bits per heavy atom. The fourth-order valence-electron chi connectivity index (χ4n) is 1.26. The number of carbonyl (C=O) groups is 2. The Bertz CT molecular complexity index is 417. The van der Waals surface area contributed by atoms with E-state index in [-0.39, 0.29) is 18.4 Å². The van der Waals surface area contributed by atoms with Gasteiger partial charge in [0.25, 0.3) is 5.91 Å². The molecule has 2 rings (SSSR count). The number of amides is 2. The lowest BCUT2D eigenvalue weighted by atomic mass is 10.2. The third kappa shape index (κ3) is 1.72. The fraction of sp³-hybridized carbons (Fsp3) is 0.111. The van der Waals surface area contributed by atoms with Gasteiger partial charge < -0.3 is 10.6 Å². The van der Waals surface area contributed by atoms with E-state index in [1.807, 2.05) is 6.07 Å². The summed E-state index contributed by atoms with van der Waals surface area (Å²) in [7, 11) is 0. The first kappa shape index (κ1) is 9.45. The number of hydrogen-bond acceptors (Lipinski definition) is 2. The molecular formula is C9H7IN2O2. The Morgan fingerprint density at radius 3 is 2.86 bits per heavy atom. The first-order valence-electron chi connectivity index (χ1n) is 4.04. The van der Waals surface area contributed by atoms with Gasteiger partial charge in [-0.25, -0.2) is 0 Å². The molecule has 0 saturated heterocycles. The normalized spacial score (nSPS) is 15.2. The topological polar surface area (TPSA) is 58.2 Å². The van der Waals surface area contributed by atoms with Crippen LogP contribution in [0.25, 0.3) is 0 Å². The van der Waals surface area contributed by atoms with Crippen LogP contribution in [0.1, 0.15) is 10.4 Å².